The minimum Gasteiger partial charge on any atom is -0.356 e. The van der Waals surface area contributed by atoms with Crippen molar-refractivity contribution in [1.29, 1.82) is 0 Å². The van der Waals surface area contributed by atoms with Crippen LogP contribution in [0.25, 0.3) is 11.3 Å². The molecule has 2 aliphatic heterocycles. The van der Waals surface area contributed by atoms with E-state index in [-0.39, 0.29) is 0 Å². The minimum atomic E-state index is 0.924. The maximum Gasteiger partial charge on any atom is 0.227 e. The Labute approximate surface area is 157 Å². The monoisotopic (exact) mass is 350 g/mol. The van der Waals surface area contributed by atoms with Crippen LogP contribution in [0.1, 0.15) is 51.4 Å². The second-order valence-corrected chi connectivity index (χ2v) is 7.58. The lowest BCUT2D eigenvalue weighted by Gasteiger charge is -2.26. The third-order valence-electron chi connectivity index (χ3n) is 5.59. The predicted molar refractivity (Wildman–Crippen MR) is 109 cm³/mol. The van der Waals surface area contributed by atoms with Gasteiger partial charge in [-0.2, -0.15) is 4.98 Å². The van der Waals surface area contributed by atoms with Crippen LogP contribution in [0.15, 0.2) is 36.4 Å². The summed E-state index contributed by atoms with van der Waals surface area (Å²) in [5.41, 5.74) is 2.24. The van der Waals surface area contributed by atoms with Gasteiger partial charge in [-0.1, -0.05) is 56.0 Å². The van der Waals surface area contributed by atoms with E-state index in [2.05, 4.69) is 46.2 Å². The van der Waals surface area contributed by atoms with Crippen LogP contribution in [0.3, 0.4) is 0 Å². The number of rotatable bonds is 3. The summed E-state index contributed by atoms with van der Waals surface area (Å²) in [6.45, 7) is 4.39. The van der Waals surface area contributed by atoms with Crippen molar-refractivity contribution in [2.75, 3.05) is 36.0 Å². The largest absolute Gasteiger partial charge is 0.356 e. The summed E-state index contributed by atoms with van der Waals surface area (Å²) >= 11 is 0. The molecule has 138 valence electrons. The Morgan fingerprint density at radius 2 is 1.19 bits per heavy atom. The molecule has 0 spiro atoms. The molecule has 4 rings (SSSR count). The fourth-order valence-electron chi connectivity index (χ4n) is 4.05. The highest BCUT2D eigenvalue weighted by molar-refractivity contribution is 5.65. The Morgan fingerprint density at radius 1 is 0.615 bits per heavy atom. The topological polar surface area (TPSA) is 32.3 Å². The van der Waals surface area contributed by atoms with E-state index in [1.165, 1.54) is 56.9 Å². The summed E-state index contributed by atoms with van der Waals surface area (Å²) in [6.07, 6.45) is 10.4. The molecule has 3 heterocycles. The Hall–Kier alpha value is -2.10. The molecule has 0 unspecified atom stereocenters. The molecule has 1 aromatic heterocycles. The summed E-state index contributed by atoms with van der Waals surface area (Å²) in [5, 5.41) is 0. The first kappa shape index (κ1) is 17.3. The van der Waals surface area contributed by atoms with Crippen molar-refractivity contribution in [3.05, 3.63) is 36.4 Å². The van der Waals surface area contributed by atoms with Crippen LogP contribution in [-0.4, -0.2) is 36.1 Å². The highest BCUT2D eigenvalue weighted by Gasteiger charge is 2.18. The summed E-state index contributed by atoms with van der Waals surface area (Å²) in [6, 6.07) is 12.8. The van der Waals surface area contributed by atoms with E-state index in [0.29, 0.717) is 0 Å². The van der Waals surface area contributed by atoms with Gasteiger partial charge in [-0.15, -0.1) is 0 Å². The molecule has 2 fully saturated rings. The number of anilines is 2. The van der Waals surface area contributed by atoms with Crippen LogP contribution in [0.2, 0.25) is 0 Å². The molecule has 4 heteroatoms. The fraction of sp³-hybridized carbons (Fsp3) is 0.545. The quantitative estimate of drug-likeness (QED) is 0.788. The average molecular weight is 351 g/mol. The summed E-state index contributed by atoms with van der Waals surface area (Å²) in [5.74, 6) is 2.03. The second-order valence-electron chi connectivity index (χ2n) is 7.58. The van der Waals surface area contributed by atoms with Gasteiger partial charge in [0, 0.05) is 37.8 Å². The molecule has 0 radical (unpaired) electrons. The lowest BCUT2D eigenvalue weighted by atomic mass is 10.1. The third kappa shape index (κ3) is 4.17. The number of nitrogens with zero attached hydrogens (tertiary/aromatic N) is 4. The highest BCUT2D eigenvalue weighted by Crippen LogP contribution is 2.27. The maximum atomic E-state index is 5.03. The van der Waals surface area contributed by atoms with Crippen molar-refractivity contribution in [1.82, 2.24) is 9.97 Å². The fourth-order valence-corrected chi connectivity index (χ4v) is 4.05. The Morgan fingerprint density at radius 3 is 1.81 bits per heavy atom. The van der Waals surface area contributed by atoms with Gasteiger partial charge >= 0.3 is 0 Å². The molecule has 2 aromatic rings. The van der Waals surface area contributed by atoms with E-state index in [4.69, 9.17) is 9.97 Å². The number of aromatic nitrogens is 2. The first-order chi connectivity index (χ1) is 12.9. The van der Waals surface area contributed by atoms with Crippen LogP contribution in [-0.2, 0) is 0 Å². The van der Waals surface area contributed by atoms with E-state index in [9.17, 15) is 0 Å². The molecule has 26 heavy (non-hydrogen) atoms. The van der Waals surface area contributed by atoms with E-state index in [1.807, 2.05) is 0 Å². The molecule has 0 bridgehead atoms. The molecule has 0 N–H and O–H groups in total. The standard InChI is InChI=1S/C22H30N4/c1-2-9-15-25(14-8-1)21-18-20(19-12-6-5-7-13-19)23-22(24-21)26-16-10-3-4-11-17-26/h5-7,12-13,18H,1-4,8-11,14-17H2. The smallest absolute Gasteiger partial charge is 0.227 e. The molecule has 2 aliphatic rings. The summed E-state index contributed by atoms with van der Waals surface area (Å²) in [4.78, 5) is 14.9. The Kier molecular flexibility index (Phi) is 5.68. The van der Waals surface area contributed by atoms with E-state index in [0.717, 1.165) is 43.6 Å². The van der Waals surface area contributed by atoms with Gasteiger partial charge < -0.3 is 9.80 Å². The number of hydrogen-bond donors (Lipinski definition) is 0. The van der Waals surface area contributed by atoms with Crippen LogP contribution < -0.4 is 9.80 Å². The molecular formula is C22H30N4. The third-order valence-corrected chi connectivity index (χ3v) is 5.59. The van der Waals surface area contributed by atoms with Crippen molar-refractivity contribution < 1.29 is 0 Å². The molecule has 0 atom stereocenters. The molecule has 0 amide bonds. The minimum absolute atomic E-state index is 0.924. The van der Waals surface area contributed by atoms with Gasteiger partial charge in [0.2, 0.25) is 5.95 Å². The van der Waals surface area contributed by atoms with Gasteiger partial charge in [-0.3, -0.25) is 0 Å². The molecular weight excluding hydrogens is 320 g/mol. The van der Waals surface area contributed by atoms with Crippen molar-refractivity contribution >= 4 is 11.8 Å². The van der Waals surface area contributed by atoms with Gasteiger partial charge in [0.1, 0.15) is 5.82 Å². The van der Waals surface area contributed by atoms with Gasteiger partial charge in [-0.05, 0) is 25.7 Å². The Balaban J connectivity index is 1.71. The van der Waals surface area contributed by atoms with Gasteiger partial charge in [0.05, 0.1) is 5.69 Å². The van der Waals surface area contributed by atoms with E-state index >= 15 is 0 Å². The summed E-state index contributed by atoms with van der Waals surface area (Å²) in [7, 11) is 0. The molecule has 1 aromatic carbocycles. The van der Waals surface area contributed by atoms with Gasteiger partial charge in [-0.25, -0.2) is 4.98 Å². The lowest BCUT2D eigenvalue weighted by Crippen LogP contribution is -2.29. The zero-order chi connectivity index (χ0) is 17.6. The average Bonchev–Trinajstić information content (AvgIpc) is 3.14. The SMILES string of the molecule is c1ccc(-c2cc(N3CCCCCC3)nc(N3CCCCCC3)n2)cc1. The molecule has 0 aliphatic carbocycles. The van der Waals surface area contributed by atoms with Crippen LogP contribution in [0.4, 0.5) is 11.8 Å². The lowest BCUT2D eigenvalue weighted by molar-refractivity contribution is 0.726. The van der Waals surface area contributed by atoms with Crippen molar-refractivity contribution in [2.45, 2.75) is 51.4 Å². The van der Waals surface area contributed by atoms with Crippen molar-refractivity contribution in [3.63, 3.8) is 0 Å². The van der Waals surface area contributed by atoms with E-state index in [1.54, 1.807) is 0 Å². The molecule has 2 saturated heterocycles. The van der Waals surface area contributed by atoms with Crippen LogP contribution >= 0.6 is 0 Å². The zero-order valence-electron chi connectivity index (χ0n) is 15.7. The number of benzene rings is 1. The first-order valence-corrected chi connectivity index (χ1v) is 10.3. The van der Waals surface area contributed by atoms with E-state index < -0.39 is 0 Å². The first-order valence-electron chi connectivity index (χ1n) is 10.3. The highest BCUT2D eigenvalue weighted by atomic mass is 15.3. The predicted octanol–water partition coefficient (Wildman–Crippen LogP) is 4.90. The molecule has 4 nitrogen and oxygen atoms in total. The number of hydrogen-bond acceptors (Lipinski definition) is 4. The van der Waals surface area contributed by atoms with Gasteiger partial charge in [0.15, 0.2) is 0 Å². The van der Waals surface area contributed by atoms with Crippen LogP contribution in [0.5, 0.6) is 0 Å². The van der Waals surface area contributed by atoms with Gasteiger partial charge in [0.25, 0.3) is 0 Å². The normalized spacial score (nSPS) is 19.1. The zero-order valence-corrected chi connectivity index (χ0v) is 15.7. The summed E-state index contributed by atoms with van der Waals surface area (Å²) < 4.78 is 0. The maximum absolute atomic E-state index is 5.03. The Bertz CT molecular complexity index is 646. The van der Waals surface area contributed by atoms with Crippen molar-refractivity contribution in [3.8, 4) is 11.3 Å². The molecule has 0 saturated carbocycles. The second kappa shape index (κ2) is 8.52. The van der Waals surface area contributed by atoms with Crippen LogP contribution in [0, 0.1) is 0 Å². The van der Waals surface area contributed by atoms with Crippen molar-refractivity contribution in [2.24, 2.45) is 0 Å².